The van der Waals surface area contributed by atoms with Crippen LogP contribution in [0.5, 0.6) is 5.75 Å². The summed E-state index contributed by atoms with van der Waals surface area (Å²) in [6.07, 6.45) is 7.35. The standard InChI is InChI=1S/C23H35O5P/c1-7-23(8-2,29(25,26)27)20(24)14-13-16-15-19(22(3,4)5)21(28-6)18-12-10-9-11-17(16)18/h13-15H,7-12H2,1-6H3,(H2,25,26,27)/b14-13+. The van der Waals surface area contributed by atoms with Gasteiger partial charge < -0.3 is 14.5 Å². The van der Waals surface area contributed by atoms with Crippen molar-refractivity contribution in [3.05, 3.63) is 34.4 Å². The van der Waals surface area contributed by atoms with Gasteiger partial charge in [-0.05, 0) is 72.8 Å². The van der Waals surface area contributed by atoms with Gasteiger partial charge in [-0.1, -0.05) is 40.7 Å². The van der Waals surface area contributed by atoms with Crippen molar-refractivity contribution in [3.8, 4) is 5.75 Å². The van der Waals surface area contributed by atoms with E-state index in [1.165, 1.54) is 17.2 Å². The number of carbonyl (C=O) groups excluding carboxylic acids is 1. The van der Waals surface area contributed by atoms with Crippen molar-refractivity contribution >= 4 is 19.5 Å². The number of methoxy groups -OCH3 is 1. The molecule has 162 valence electrons. The highest BCUT2D eigenvalue weighted by molar-refractivity contribution is 7.54. The third-order valence-electron chi connectivity index (χ3n) is 6.25. The second kappa shape index (κ2) is 8.75. The summed E-state index contributed by atoms with van der Waals surface area (Å²) in [5.74, 6) is 0.427. The number of hydrogen-bond acceptors (Lipinski definition) is 3. The molecule has 2 N–H and O–H groups in total. The zero-order valence-corrected chi connectivity index (χ0v) is 19.4. The van der Waals surface area contributed by atoms with Crippen LogP contribution in [0.25, 0.3) is 6.08 Å². The van der Waals surface area contributed by atoms with Crippen LogP contribution in [0.2, 0.25) is 0 Å². The Hall–Kier alpha value is -1.42. The first-order valence-corrected chi connectivity index (χ1v) is 12.1. The van der Waals surface area contributed by atoms with Crippen molar-refractivity contribution in [3.63, 3.8) is 0 Å². The van der Waals surface area contributed by atoms with Crippen LogP contribution in [-0.2, 0) is 27.6 Å². The molecule has 0 atom stereocenters. The van der Waals surface area contributed by atoms with E-state index < -0.39 is 18.5 Å². The average molecular weight is 423 g/mol. The van der Waals surface area contributed by atoms with E-state index in [1.54, 1.807) is 27.0 Å². The Labute approximate surface area is 174 Å². The first-order chi connectivity index (χ1) is 13.4. The second-order valence-electron chi connectivity index (χ2n) is 8.94. The lowest BCUT2D eigenvalue weighted by Gasteiger charge is -2.30. The van der Waals surface area contributed by atoms with Crippen molar-refractivity contribution in [1.82, 2.24) is 0 Å². The number of hydrogen-bond donors (Lipinski definition) is 2. The summed E-state index contributed by atoms with van der Waals surface area (Å²) in [5.41, 5.74) is 4.28. The minimum Gasteiger partial charge on any atom is -0.496 e. The molecule has 0 saturated carbocycles. The minimum atomic E-state index is -4.58. The second-order valence-corrected chi connectivity index (χ2v) is 10.9. The molecule has 0 unspecified atom stereocenters. The Bertz CT molecular complexity index is 838. The number of ketones is 1. The third kappa shape index (κ3) is 4.52. The van der Waals surface area contributed by atoms with Gasteiger partial charge in [0.25, 0.3) is 0 Å². The molecular weight excluding hydrogens is 387 g/mol. The van der Waals surface area contributed by atoms with Crippen LogP contribution in [0.4, 0.5) is 0 Å². The molecule has 6 heteroatoms. The maximum absolute atomic E-state index is 12.9. The molecule has 0 amide bonds. The first kappa shape index (κ1) is 23.9. The van der Waals surface area contributed by atoms with E-state index >= 15 is 0 Å². The number of ether oxygens (including phenoxy) is 1. The molecule has 1 aliphatic rings. The molecule has 0 spiro atoms. The monoisotopic (exact) mass is 422 g/mol. The highest BCUT2D eigenvalue weighted by Crippen LogP contribution is 2.55. The Morgan fingerprint density at radius 3 is 2.14 bits per heavy atom. The van der Waals surface area contributed by atoms with Gasteiger partial charge in [-0.2, -0.15) is 0 Å². The van der Waals surface area contributed by atoms with Gasteiger partial charge in [0.1, 0.15) is 10.9 Å². The van der Waals surface area contributed by atoms with Crippen LogP contribution in [0, 0.1) is 0 Å². The average Bonchev–Trinajstić information content (AvgIpc) is 2.65. The Balaban J connectivity index is 2.60. The molecule has 0 heterocycles. The molecular formula is C23H35O5P. The molecule has 0 aliphatic heterocycles. The highest BCUT2D eigenvalue weighted by Gasteiger charge is 2.49. The zero-order chi connectivity index (χ0) is 22.0. The van der Waals surface area contributed by atoms with Crippen LogP contribution in [0.3, 0.4) is 0 Å². The molecule has 0 aromatic heterocycles. The number of allylic oxidation sites excluding steroid dienone is 1. The SMILES string of the molecule is CCC(CC)(C(=O)/C=C/c1cc(C(C)(C)C)c(OC)c2c1CCCC2)P(=O)(O)O. The lowest BCUT2D eigenvalue weighted by Crippen LogP contribution is -2.36. The molecule has 1 aliphatic carbocycles. The molecule has 2 rings (SSSR count). The summed E-state index contributed by atoms with van der Waals surface area (Å²) in [6.45, 7) is 9.70. The van der Waals surface area contributed by atoms with Gasteiger partial charge in [-0.15, -0.1) is 0 Å². The summed E-state index contributed by atoms with van der Waals surface area (Å²) < 4.78 is 17.9. The molecule has 0 fully saturated rings. The van der Waals surface area contributed by atoms with Crippen LogP contribution in [-0.4, -0.2) is 27.8 Å². The fourth-order valence-corrected chi connectivity index (χ4v) is 5.54. The van der Waals surface area contributed by atoms with Crippen molar-refractivity contribution in [2.45, 2.75) is 83.7 Å². The summed E-state index contributed by atoms with van der Waals surface area (Å²) in [5, 5.41) is -1.65. The molecule has 1 aromatic carbocycles. The van der Waals surface area contributed by atoms with Crippen molar-refractivity contribution in [2.75, 3.05) is 7.11 Å². The Kier molecular flexibility index (Phi) is 7.20. The fourth-order valence-electron chi connectivity index (χ4n) is 4.36. The van der Waals surface area contributed by atoms with Crippen LogP contribution >= 0.6 is 7.60 Å². The van der Waals surface area contributed by atoms with E-state index in [-0.39, 0.29) is 18.3 Å². The highest BCUT2D eigenvalue weighted by atomic mass is 31.2. The number of fused-ring (bicyclic) bond motifs is 1. The number of benzene rings is 1. The third-order valence-corrected chi connectivity index (χ3v) is 8.22. The lowest BCUT2D eigenvalue weighted by atomic mass is 9.78. The normalized spacial score (nSPS) is 15.4. The molecule has 5 nitrogen and oxygen atoms in total. The van der Waals surface area contributed by atoms with Crippen molar-refractivity contribution in [1.29, 1.82) is 0 Å². The summed E-state index contributed by atoms with van der Waals surface area (Å²) >= 11 is 0. The van der Waals surface area contributed by atoms with E-state index in [0.717, 1.165) is 42.6 Å². The van der Waals surface area contributed by atoms with Gasteiger partial charge in [0.2, 0.25) is 0 Å². The van der Waals surface area contributed by atoms with Gasteiger partial charge in [0.05, 0.1) is 7.11 Å². The van der Waals surface area contributed by atoms with Crippen molar-refractivity contribution in [2.24, 2.45) is 0 Å². The molecule has 0 saturated heterocycles. The largest absolute Gasteiger partial charge is 0.496 e. The van der Waals surface area contributed by atoms with E-state index in [4.69, 9.17) is 4.74 Å². The van der Waals surface area contributed by atoms with E-state index in [1.807, 2.05) is 0 Å². The predicted molar refractivity (Wildman–Crippen MR) is 118 cm³/mol. The van der Waals surface area contributed by atoms with Crippen LogP contribution in [0.15, 0.2) is 12.1 Å². The summed E-state index contributed by atoms with van der Waals surface area (Å²) in [4.78, 5) is 32.6. The maximum atomic E-state index is 12.9. The van der Waals surface area contributed by atoms with Crippen molar-refractivity contribution < 1.29 is 23.9 Å². The smallest absolute Gasteiger partial charge is 0.339 e. The van der Waals surface area contributed by atoms with Gasteiger partial charge in [-0.25, -0.2) is 0 Å². The summed E-state index contributed by atoms with van der Waals surface area (Å²) in [6, 6.07) is 2.07. The van der Waals surface area contributed by atoms with Gasteiger partial charge >= 0.3 is 7.60 Å². The van der Waals surface area contributed by atoms with Crippen LogP contribution < -0.4 is 4.74 Å². The van der Waals surface area contributed by atoms with Gasteiger partial charge in [0, 0.05) is 5.56 Å². The van der Waals surface area contributed by atoms with Gasteiger partial charge in [-0.3, -0.25) is 9.36 Å². The number of rotatable bonds is 7. The zero-order valence-electron chi connectivity index (χ0n) is 18.5. The predicted octanol–water partition coefficient (Wildman–Crippen LogP) is 5.19. The maximum Gasteiger partial charge on any atom is 0.339 e. The van der Waals surface area contributed by atoms with Gasteiger partial charge in [0.15, 0.2) is 5.78 Å². The molecule has 0 bridgehead atoms. The lowest BCUT2D eigenvalue weighted by molar-refractivity contribution is -0.117. The minimum absolute atomic E-state index is 0.102. The quantitative estimate of drug-likeness (QED) is 0.467. The Morgan fingerprint density at radius 1 is 1.14 bits per heavy atom. The summed E-state index contributed by atoms with van der Waals surface area (Å²) in [7, 11) is -2.87. The topological polar surface area (TPSA) is 83.8 Å². The van der Waals surface area contributed by atoms with Crippen LogP contribution in [0.1, 0.15) is 82.6 Å². The Morgan fingerprint density at radius 2 is 1.69 bits per heavy atom. The molecule has 29 heavy (non-hydrogen) atoms. The molecule has 0 radical (unpaired) electrons. The number of carbonyl (C=O) groups is 1. The van der Waals surface area contributed by atoms with E-state index in [2.05, 4.69) is 26.8 Å². The molecule has 1 aromatic rings. The van der Waals surface area contributed by atoms with E-state index in [9.17, 15) is 19.1 Å². The van der Waals surface area contributed by atoms with E-state index in [0.29, 0.717) is 0 Å². The fraction of sp³-hybridized carbons (Fsp3) is 0.609. The first-order valence-electron chi connectivity index (χ1n) is 10.4.